The van der Waals surface area contributed by atoms with Gasteiger partial charge in [0.1, 0.15) is 0 Å². The van der Waals surface area contributed by atoms with Gasteiger partial charge in [0.2, 0.25) is 0 Å². The maximum absolute atomic E-state index is 5.56. The fraction of sp³-hybridized carbons (Fsp3) is 0.692. The molecule has 0 spiro atoms. The zero-order chi connectivity index (χ0) is 12.8. The van der Waals surface area contributed by atoms with Crippen molar-refractivity contribution in [3.05, 3.63) is 17.5 Å². The van der Waals surface area contributed by atoms with Gasteiger partial charge < -0.3 is 10.1 Å². The van der Waals surface area contributed by atoms with E-state index in [-0.39, 0.29) is 0 Å². The third kappa shape index (κ3) is 4.55. The minimum atomic E-state index is 0.424. The van der Waals surface area contributed by atoms with Crippen LogP contribution in [0.5, 0.6) is 0 Å². The normalized spacial score (nSPS) is 19.3. The lowest BCUT2D eigenvalue weighted by atomic mass is 10.2. The Bertz CT molecular complexity index is 360. The molecule has 2 rings (SSSR count). The van der Waals surface area contributed by atoms with Gasteiger partial charge in [0, 0.05) is 36.8 Å². The van der Waals surface area contributed by atoms with E-state index in [0.29, 0.717) is 6.10 Å². The Labute approximate surface area is 113 Å². The molecule has 5 heteroatoms. The Morgan fingerprint density at radius 3 is 2.83 bits per heavy atom. The molecule has 0 bridgehead atoms. The van der Waals surface area contributed by atoms with Gasteiger partial charge in [0.15, 0.2) is 5.16 Å². The second kappa shape index (κ2) is 7.07. The van der Waals surface area contributed by atoms with Crippen LogP contribution in [-0.4, -0.2) is 41.5 Å². The van der Waals surface area contributed by atoms with Crippen molar-refractivity contribution in [2.75, 3.05) is 25.4 Å². The van der Waals surface area contributed by atoms with Crippen LogP contribution in [-0.2, 0) is 4.74 Å². The first kappa shape index (κ1) is 13.8. The first-order valence-electron chi connectivity index (χ1n) is 6.51. The van der Waals surface area contributed by atoms with Crippen LogP contribution in [0.25, 0.3) is 0 Å². The molecule has 18 heavy (non-hydrogen) atoms. The summed E-state index contributed by atoms with van der Waals surface area (Å²) >= 11 is 1.71. The molecule has 1 aliphatic rings. The number of aromatic nitrogens is 2. The van der Waals surface area contributed by atoms with Crippen molar-refractivity contribution in [3.63, 3.8) is 0 Å². The van der Waals surface area contributed by atoms with Crippen molar-refractivity contribution in [3.8, 4) is 0 Å². The first-order valence-corrected chi connectivity index (χ1v) is 7.50. The van der Waals surface area contributed by atoms with E-state index in [9.17, 15) is 0 Å². The minimum Gasteiger partial charge on any atom is -0.377 e. The molecule has 2 heterocycles. The molecule has 4 nitrogen and oxygen atoms in total. The summed E-state index contributed by atoms with van der Waals surface area (Å²) in [6.45, 7) is 6.88. The van der Waals surface area contributed by atoms with Crippen LogP contribution in [0.4, 0.5) is 0 Å². The first-order chi connectivity index (χ1) is 8.74. The zero-order valence-electron chi connectivity index (χ0n) is 11.1. The fourth-order valence-corrected chi connectivity index (χ4v) is 2.89. The van der Waals surface area contributed by atoms with Crippen molar-refractivity contribution in [1.82, 2.24) is 15.3 Å². The van der Waals surface area contributed by atoms with Crippen molar-refractivity contribution < 1.29 is 4.74 Å². The van der Waals surface area contributed by atoms with Gasteiger partial charge in [-0.15, -0.1) is 0 Å². The van der Waals surface area contributed by atoms with E-state index in [2.05, 4.69) is 15.3 Å². The Morgan fingerprint density at radius 2 is 2.17 bits per heavy atom. The van der Waals surface area contributed by atoms with E-state index < -0.39 is 0 Å². The quantitative estimate of drug-likeness (QED) is 0.485. The number of ether oxygens (including phenoxy) is 1. The van der Waals surface area contributed by atoms with E-state index in [1.54, 1.807) is 11.8 Å². The summed E-state index contributed by atoms with van der Waals surface area (Å²) < 4.78 is 5.56. The number of hydrogen-bond donors (Lipinski definition) is 1. The molecule has 0 aromatic carbocycles. The molecule has 1 unspecified atom stereocenters. The highest BCUT2D eigenvalue weighted by Gasteiger charge is 2.14. The van der Waals surface area contributed by atoms with Crippen molar-refractivity contribution in [2.45, 2.75) is 37.9 Å². The largest absolute Gasteiger partial charge is 0.377 e. The Kier molecular flexibility index (Phi) is 5.41. The monoisotopic (exact) mass is 267 g/mol. The third-order valence-electron chi connectivity index (χ3n) is 2.87. The zero-order valence-corrected chi connectivity index (χ0v) is 11.9. The molecule has 0 amide bonds. The van der Waals surface area contributed by atoms with Gasteiger partial charge in [-0.1, -0.05) is 11.8 Å². The molecule has 1 atom stereocenters. The van der Waals surface area contributed by atoms with Gasteiger partial charge in [-0.25, -0.2) is 9.97 Å². The van der Waals surface area contributed by atoms with Gasteiger partial charge in [-0.3, -0.25) is 0 Å². The minimum absolute atomic E-state index is 0.424. The highest BCUT2D eigenvalue weighted by atomic mass is 32.2. The SMILES string of the molecule is Cc1cc(C)nc(SCCNCC2CCCO2)n1. The molecule has 0 saturated carbocycles. The van der Waals surface area contributed by atoms with Gasteiger partial charge >= 0.3 is 0 Å². The van der Waals surface area contributed by atoms with E-state index >= 15 is 0 Å². The lowest BCUT2D eigenvalue weighted by Crippen LogP contribution is -2.28. The van der Waals surface area contributed by atoms with E-state index in [4.69, 9.17) is 4.74 Å². The van der Waals surface area contributed by atoms with Gasteiger partial charge in [0.25, 0.3) is 0 Å². The summed E-state index contributed by atoms with van der Waals surface area (Å²) in [5.74, 6) is 0.996. The van der Waals surface area contributed by atoms with Crippen LogP contribution in [0.2, 0.25) is 0 Å². The summed E-state index contributed by atoms with van der Waals surface area (Å²) in [4.78, 5) is 8.82. The Balaban J connectivity index is 1.62. The highest BCUT2D eigenvalue weighted by Crippen LogP contribution is 2.13. The number of thioether (sulfide) groups is 1. The number of nitrogens with one attached hydrogen (secondary N) is 1. The van der Waals surface area contributed by atoms with Crippen LogP contribution in [0, 0.1) is 13.8 Å². The molecular weight excluding hydrogens is 246 g/mol. The predicted molar refractivity (Wildman–Crippen MR) is 74.1 cm³/mol. The van der Waals surface area contributed by atoms with Crippen LogP contribution >= 0.6 is 11.8 Å². The maximum atomic E-state index is 5.56. The summed E-state index contributed by atoms with van der Waals surface area (Å²) in [5.41, 5.74) is 2.08. The lowest BCUT2D eigenvalue weighted by molar-refractivity contribution is 0.110. The number of nitrogens with zero attached hydrogens (tertiary/aromatic N) is 2. The average molecular weight is 267 g/mol. The number of rotatable bonds is 6. The summed E-state index contributed by atoms with van der Waals surface area (Å²) in [7, 11) is 0. The molecular formula is C13H21N3OS. The van der Waals surface area contributed by atoms with E-state index in [1.165, 1.54) is 12.8 Å². The second-order valence-corrected chi connectivity index (χ2v) is 5.68. The molecule has 1 fully saturated rings. The fourth-order valence-electron chi connectivity index (χ4n) is 2.04. The molecule has 1 saturated heterocycles. The van der Waals surface area contributed by atoms with Crippen molar-refractivity contribution in [2.24, 2.45) is 0 Å². The van der Waals surface area contributed by atoms with Crippen LogP contribution in [0.1, 0.15) is 24.2 Å². The number of hydrogen-bond acceptors (Lipinski definition) is 5. The van der Waals surface area contributed by atoms with Crippen LogP contribution in [0.3, 0.4) is 0 Å². The summed E-state index contributed by atoms with van der Waals surface area (Å²) in [6.07, 6.45) is 2.82. The topological polar surface area (TPSA) is 47.0 Å². The average Bonchev–Trinajstić information content (AvgIpc) is 2.80. The molecule has 0 aliphatic carbocycles. The number of aryl methyl sites for hydroxylation is 2. The van der Waals surface area contributed by atoms with E-state index in [0.717, 1.165) is 42.0 Å². The summed E-state index contributed by atoms with van der Waals surface area (Å²) in [6, 6.07) is 2.00. The molecule has 1 aliphatic heterocycles. The van der Waals surface area contributed by atoms with Crippen LogP contribution < -0.4 is 5.32 Å². The highest BCUT2D eigenvalue weighted by molar-refractivity contribution is 7.99. The second-order valence-electron chi connectivity index (χ2n) is 4.62. The van der Waals surface area contributed by atoms with Crippen molar-refractivity contribution >= 4 is 11.8 Å². The van der Waals surface area contributed by atoms with Gasteiger partial charge in [-0.05, 0) is 32.8 Å². The lowest BCUT2D eigenvalue weighted by Gasteiger charge is -2.10. The van der Waals surface area contributed by atoms with E-state index in [1.807, 2.05) is 19.9 Å². The third-order valence-corrected chi connectivity index (χ3v) is 3.72. The summed E-state index contributed by atoms with van der Waals surface area (Å²) in [5, 5.41) is 4.31. The molecule has 0 radical (unpaired) electrons. The maximum Gasteiger partial charge on any atom is 0.188 e. The molecule has 1 aromatic rings. The van der Waals surface area contributed by atoms with Gasteiger partial charge in [-0.2, -0.15) is 0 Å². The van der Waals surface area contributed by atoms with Crippen LogP contribution in [0.15, 0.2) is 11.2 Å². The molecule has 100 valence electrons. The standard InChI is InChI=1S/C13H21N3OS/c1-10-8-11(2)16-13(15-10)18-7-5-14-9-12-4-3-6-17-12/h8,12,14H,3-7,9H2,1-2H3. The van der Waals surface area contributed by atoms with Crippen molar-refractivity contribution in [1.29, 1.82) is 0 Å². The smallest absolute Gasteiger partial charge is 0.188 e. The molecule has 1 N–H and O–H groups in total. The Hall–Kier alpha value is -0.650. The Morgan fingerprint density at radius 1 is 1.39 bits per heavy atom. The predicted octanol–water partition coefficient (Wildman–Crippen LogP) is 1.95. The molecule has 1 aromatic heterocycles. The van der Waals surface area contributed by atoms with Gasteiger partial charge in [0.05, 0.1) is 6.10 Å².